The van der Waals surface area contributed by atoms with Crippen molar-refractivity contribution in [2.24, 2.45) is 17.8 Å². The molecular weight excluding hydrogens is 576 g/mol. The van der Waals surface area contributed by atoms with E-state index in [-0.39, 0.29) is 36.4 Å². The van der Waals surface area contributed by atoms with E-state index in [0.717, 1.165) is 41.8 Å². The van der Waals surface area contributed by atoms with Crippen molar-refractivity contribution >= 4 is 40.5 Å². The van der Waals surface area contributed by atoms with Crippen molar-refractivity contribution in [3.05, 3.63) is 125 Å². The van der Waals surface area contributed by atoms with Crippen molar-refractivity contribution < 1.29 is 23.8 Å². The monoisotopic (exact) mass is 614 g/mol. The minimum atomic E-state index is -0.408. The fourth-order valence-corrected chi connectivity index (χ4v) is 7.42. The van der Waals surface area contributed by atoms with Gasteiger partial charge in [0.1, 0.15) is 18.1 Å². The molecule has 2 fully saturated rings. The van der Waals surface area contributed by atoms with Crippen LogP contribution in [-0.4, -0.2) is 29.6 Å². The number of nitrogens with one attached hydrogen (secondary N) is 1. The Balaban J connectivity index is 1.10. The normalized spacial score (nSPS) is 22.7. The summed E-state index contributed by atoms with van der Waals surface area (Å²) in [7, 11) is 0. The third kappa shape index (κ3) is 5.72. The van der Waals surface area contributed by atoms with E-state index in [4.69, 9.17) is 9.15 Å². The molecule has 0 bridgehead atoms. The first-order valence-electron chi connectivity index (χ1n) is 16.1. The smallest absolute Gasteiger partial charge is 0.238 e. The fourth-order valence-electron chi connectivity index (χ4n) is 7.42. The molecule has 2 aliphatic heterocycles. The Morgan fingerprint density at radius 2 is 1.61 bits per heavy atom. The Bertz CT molecular complexity index is 1770. The van der Waals surface area contributed by atoms with Gasteiger partial charge in [-0.3, -0.25) is 14.5 Å². The second kappa shape index (κ2) is 12.9. The Morgan fingerprint density at radius 1 is 0.891 bits per heavy atom. The highest BCUT2D eigenvalue weighted by Crippen LogP contribution is 2.51. The Labute approximate surface area is 269 Å². The third-order valence-corrected chi connectivity index (χ3v) is 9.60. The second-order valence-electron chi connectivity index (χ2n) is 12.3. The van der Waals surface area contributed by atoms with Crippen LogP contribution in [0, 0.1) is 17.8 Å². The lowest BCUT2D eigenvalue weighted by Gasteiger charge is -2.31. The molecule has 4 aromatic rings. The Kier molecular flexibility index (Phi) is 8.43. The average Bonchev–Trinajstić information content (AvgIpc) is 3.80. The van der Waals surface area contributed by atoms with Crippen LogP contribution >= 0.6 is 0 Å². The topological polar surface area (TPSA) is 92.0 Å². The summed E-state index contributed by atoms with van der Waals surface area (Å²) >= 11 is 0. The third-order valence-electron chi connectivity index (χ3n) is 9.60. The molecule has 1 aromatic heterocycles. The maximum Gasteiger partial charge on any atom is 0.238 e. The zero-order valence-corrected chi connectivity index (χ0v) is 25.9. The van der Waals surface area contributed by atoms with Gasteiger partial charge in [0.25, 0.3) is 0 Å². The summed E-state index contributed by atoms with van der Waals surface area (Å²) < 4.78 is 12.2. The second-order valence-corrected chi connectivity index (χ2v) is 12.3. The maximum atomic E-state index is 14.0. The Morgan fingerprint density at radius 3 is 2.30 bits per heavy atom. The largest absolute Gasteiger partial charge is 0.459 e. The lowest BCUT2D eigenvalue weighted by atomic mass is 9.69. The van der Waals surface area contributed by atoms with Gasteiger partial charge < -0.3 is 19.6 Å². The molecule has 7 rings (SSSR count). The first kappa shape index (κ1) is 30.0. The van der Waals surface area contributed by atoms with E-state index in [1.165, 1.54) is 16.0 Å². The molecule has 1 aliphatic carbocycles. The van der Waals surface area contributed by atoms with E-state index in [1.54, 1.807) is 6.07 Å². The van der Waals surface area contributed by atoms with Crippen LogP contribution in [0.5, 0.6) is 0 Å². The lowest BCUT2D eigenvalue weighted by molar-refractivity contribution is -0.122. The summed E-state index contributed by atoms with van der Waals surface area (Å²) in [5.41, 5.74) is 7.16. The molecule has 46 heavy (non-hydrogen) atoms. The van der Waals surface area contributed by atoms with Gasteiger partial charge in [-0.1, -0.05) is 61.0 Å². The van der Waals surface area contributed by atoms with Crippen LogP contribution in [0.3, 0.4) is 0 Å². The molecule has 3 aliphatic rings. The number of benzene rings is 3. The molecule has 3 aromatic carbocycles. The number of imide groups is 1. The van der Waals surface area contributed by atoms with Crippen LogP contribution in [-0.2, 0) is 20.9 Å². The minimum Gasteiger partial charge on any atom is -0.459 e. The van der Waals surface area contributed by atoms with E-state index in [9.17, 15) is 14.7 Å². The average molecular weight is 615 g/mol. The molecule has 3 heterocycles. The van der Waals surface area contributed by atoms with Crippen molar-refractivity contribution in [3.63, 3.8) is 0 Å². The first-order chi connectivity index (χ1) is 22.5. The lowest BCUT2D eigenvalue weighted by Crippen LogP contribution is -2.34. The number of aliphatic hydroxyl groups excluding tert-OH is 1. The predicted molar refractivity (Wildman–Crippen MR) is 179 cm³/mol. The summed E-state index contributed by atoms with van der Waals surface area (Å²) in [4.78, 5) is 29.3. The van der Waals surface area contributed by atoms with Gasteiger partial charge in [0.05, 0.1) is 30.2 Å². The van der Waals surface area contributed by atoms with Gasteiger partial charge in [0.15, 0.2) is 0 Å². The van der Waals surface area contributed by atoms with Crippen LogP contribution < -0.4 is 10.2 Å². The number of rotatable bonds is 10. The van der Waals surface area contributed by atoms with Gasteiger partial charge in [-0.2, -0.15) is 0 Å². The van der Waals surface area contributed by atoms with Gasteiger partial charge in [-0.25, -0.2) is 0 Å². The zero-order chi connectivity index (χ0) is 31.6. The number of hydrogen-bond acceptors (Lipinski definition) is 6. The fraction of sp³-hybridized carbons (Fsp3) is 0.282. The van der Waals surface area contributed by atoms with Crippen LogP contribution in [0.15, 0.2) is 113 Å². The Hall–Kier alpha value is -4.72. The molecule has 0 radical (unpaired) electrons. The minimum absolute atomic E-state index is 0.0967. The molecule has 2 saturated heterocycles. The molecule has 7 heteroatoms. The molecule has 0 spiro atoms. The molecule has 234 valence electrons. The van der Waals surface area contributed by atoms with Crippen LogP contribution in [0.25, 0.3) is 11.6 Å². The first-order valence-corrected chi connectivity index (χ1v) is 16.1. The molecule has 7 nitrogen and oxygen atoms in total. The number of para-hydroxylation sites is 1. The van der Waals surface area contributed by atoms with Crippen molar-refractivity contribution in [2.75, 3.05) is 16.8 Å². The molecule has 0 unspecified atom stereocenters. The van der Waals surface area contributed by atoms with Gasteiger partial charge in [0, 0.05) is 17.3 Å². The standard InChI is InChI=1S/C39H38N2O5/c1-2-25-22-33-37(39(44)41(38(33)43)30-16-14-29(15-17-30)40-28-11-7-4-8-12-28)34-24-45-35(36(25)34)20-13-27(26-9-5-3-6-10-26)21-31-18-19-32(23-42)46-31/h3-12,14-19,21,33-35,37,40,42H,2,13,20,22-24H2,1H3/b27-21-/t33-,34+,35-,37-/m1/s1. The number of furan rings is 1. The van der Waals surface area contributed by atoms with Crippen LogP contribution in [0.2, 0.25) is 0 Å². The highest BCUT2D eigenvalue weighted by atomic mass is 16.5. The quantitative estimate of drug-likeness (QED) is 0.140. The SMILES string of the molecule is CCC1=C2[C@@H](CC/C(=C/c3ccc(CO)o3)c3ccccc3)OC[C@@H]2[C@@H]2C(=O)N(c3ccc(Nc4ccccc4)cc3)C(=O)[C@@H]2C1. The van der Waals surface area contributed by atoms with Gasteiger partial charge >= 0.3 is 0 Å². The molecule has 2 N–H and O–H groups in total. The van der Waals surface area contributed by atoms with Gasteiger partial charge in [0.2, 0.25) is 11.8 Å². The van der Waals surface area contributed by atoms with E-state index >= 15 is 0 Å². The number of hydrogen-bond donors (Lipinski definition) is 2. The number of aliphatic hydroxyl groups is 1. The van der Waals surface area contributed by atoms with Crippen LogP contribution in [0.4, 0.5) is 17.1 Å². The predicted octanol–water partition coefficient (Wildman–Crippen LogP) is 7.77. The van der Waals surface area contributed by atoms with E-state index in [0.29, 0.717) is 30.2 Å². The number of carbonyl (C=O) groups is 2. The number of allylic oxidation sites excluding steroid dienone is 2. The van der Waals surface area contributed by atoms with Crippen molar-refractivity contribution in [1.29, 1.82) is 0 Å². The number of nitrogens with zero attached hydrogens (tertiary/aromatic N) is 1. The van der Waals surface area contributed by atoms with E-state index < -0.39 is 5.92 Å². The van der Waals surface area contributed by atoms with Crippen molar-refractivity contribution in [1.82, 2.24) is 0 Å². The van der Waals surface area contributed by atoms with E-state index in [2.05, 4.69) is 24.4 Å². The molecule has 2 amide bonds. The number of amides is 2. The summed E-state index contributed by atoms with van der Waals surface area (Å²) in [6.45, 7) is 2.44. The van der Waals surface area contributed by atoms with Gasteiger partial charge in [-0.05, 0) is 97.0 Å². The highest BCUT2D eigenvalue weighted by molar-refractivity contribution is 6.22. The summed E-state index contributed by atoms with van der Waals surface area (Å²) in [6.07, 6.45) is 4.84. The summed E-state index contributed by atoms with van der Waals surface area (Å²) in [6, 6.07) is 31.3. The summed E-state index contributed by atoms with van der Waals surface area (Å²) in [5, 5.41) is 12.8. The molecular formula is C39H38N2O5. The summed E-state index contributed by atoms with van der Waals surface area (Å²) in [5.74, 6) is 0.126. The zero-order valence-electron chi connectivity index (χ0n) is 25.9. The van der Waals surface area contributed by atoms with E-state index in [1.807, 2.05) is 84.9 Å². The molecule has 4 atom stereocenters. The maximum absolute atomic E-state index is 14.0. The van der Waals surface area contributed by atoms with Crippen molar-refractivity contribution in [3.8, 4) is 0 Å². The highest BCUT2D eigenvalue weighted by Gasteiger charge is 2.57. The number of ether oxygens (including phenoxy) is 1. The van der Waals surface area contributed by atoms with Crippen molar-refractivity contribution in [2.45, 2.75) is 45.3 Å². The van der Waals surface area contributed by atoms with Gasteiger partial charge in [-0.15, -0.1) is 0 Å². The van der Waals surface area contributed by atoms with Crippen LogP contribution in [0.1, 0.15) is 49.7 Å². The number of fused-ring (bicyclic) bond motifs is 3. The number of anilines is 3. The number of carbonyl (C=O) groups excluding carboxylic acids is 2. The molecule has 0 saturated carbocycles.